The second kappa shape index (κ2) is 5.96. The fourth-order valence-electron chi connectivity index (χ4n) is 1.76. The molecule has 0 aromatic rings. The number of hydrogen-bond donors (Lipinski definition) is 1. The molecule has 1 aliphatic heterocycles. The van der Waals surface area contributed by atoms with E-state index in [-0.39, 0.29) is 17.9 Å². The number of amides is 2. The number of rotatable bonds is 6. The van der Waals surface area contributed by atoms with Crippen LogP contribution in [0.2, 0.25) is 0 Å². The molecule has 0 aromatic heterocycles. The van der Waals surface area contributed by atoms with Gasteiger partial charge in [-0.3, -0.25) is 14.5 Å². The highest BCUT2D eigenvalue weighted by Gasteiger charge is 2.37. The normalized spacial score (nSPS) is 21.2. The first kappa shape index (κ1) is 13.1. The van der Waals surface area contributed by atoms with E-state index in [0.717, 1.165) is 19.5 Å². The summed E-state index contributed by atoms with van der Waals surface area (Å²) in [4.78, 5) is 26.8. The van der Waals surface area contributed by atoms with Crippen LogP contribution in [0.3, 0.4) is 0 Å². The largest absolute Gasteiger partial charge is 0.308 e. The van der Waals surface area contributed by atoms with E-state index in [2.05, 4.69) is 5.32 Å². The number of imide groups is 1. The van der Waals surface area contributed by atoms with Crippen molar-refractivity contribution in [1.29, 1.82) is 0 Å². The quantitative estimate of drug-likeness (QED) is 0.632. The lowest BCUT2D eigenvalue weighted by atomic mass is 10.2. The van der Waals surface area contributed by atoms with E-state index >= 15 is 0 Å². The van der Waals surface area contributed by atoms with Crippen molar-refractivity contribution in [2.75, 3.05) is 33.7 Å². The van der Waals surface area contributed by atoms with E-state index in [4.69, 9.17) is 0 Å². The van der Waals surface area contributed by atoms with Crippen LogP contribution in [-0.4, -0.2) is 61.4 Å². The first-order valence-electron chi connectivity index (χ1n) is 5.78. The number of nitrogens with zero attached hydrogens (tertiary/aromatic N) is 2. The summed E-state index contributed by atoms with van der Waals surface area (Å²) >= 11 is 0. The minimum Gasteiger partial charge on any atom is -0.308 e. The molecule has 16 heavy (non-hydrogen) atoms. The average Bonchev–Trinajstić information content (AvgIpc) is 2.46. The molecule has 1 fully saturated rings. The van der Waals surface area contributed by atoms with Crippen molar-refractivity contribution in [2.24, 2.45) is 0 Å². The highest BCUT2D eigenvalue weighted by Crippen LogP contribution is 2.12. The molecule has 1 atom stereocenters. The smallest absolute Gasteiger partial charge is 0.246 e. The minimum atomic E-state index is -0.306. The Morgan fingerprint density at radius 3 is 2.69 bits per heavy atom. The highest BCUT2D eigenvalue weighted by molar-refractivity contribution is 6.05. The second-order valence-electron chi connectivity index (χ2n) is 4.40. The van der Waals surface area contributed by atoms with Gasteiger partial charge in [-0.1, -0.05) is 6.92 Å². The molecule has 0 aromatic carbocycles. The van der Waals surface area contributed by atoms with E-state index in [9.17, 15) is 9.59 Å². The third-order valence-corrected chi connectivity index (χ3v) is 2.64. The van der Waals surface area contributed by atoms with Gasteiger partial charge in [0.05, 0.1) is 12.5 Å². The van der Waals surface area contributed by atoms with Crippen LogP contribution in [0.25, 0.3) is 0 Å². The van der Waals surface area contributed by atoms with Gasteiger partial charge in [-0.15, -0.1) is 0 Å². The van der Waals surface area contributed by atoms with Crippen molar-refractivity contribution in [1.82, 2.24) is 15.1 Å². The molecule has 1 aliphatic rings. The summed E-state index contributed by atoms with van der Waals surface area (Å²) in [6.45, 7) is 4.11. The SMILES string of the molecule is CCCN1C(=O)CC(NCCN(C)C)C1=O. The Morgan fingerprint density at radius 2 is 2.12 bits per heavy atom. The molecule has 1 saturated heterocycles. The molecule has 5 nitrogen and oxygen atoms in total. The lowest BCUT2D eigenvalue weighted by Gasteiger charge is -2.15. The summed E-state index contributed by atoms with van der Waals surface area (Å²) < 4.78 is 0. The van der Waals surface area contributed by atoms with Crippen LogP contribution >= 0.6 is 0 Å². The number of hydrogen-bond acceptors (Lipinski definition) is 4. The lowest BCUT2D eigenvalue weighted by Crippen LogP contribution is -2.41. The number of carbonyl (C=O) groups is 2. The number of nitrogens with one attached hydrogen (secondary N) is 1. The summed E-state index contributed by atoms with van der Waals surface area (Å²) in [6.07, 6.45) is 1.13. The maximum absolute atomic E-state index is 11.8. The standard InChI is InChI=1S/C11H21N3O2/c1-4-6-14-10(15)8-9(11(14)16)12-5-7-13(2)3/h9,12H,4-8H2,1-3H3. The molecular weight excluding hydrogens is 206 g/mol. The maximum atomic E-state index is 11.8. The molecule has 5 heteroatoms. The molecule has 2 amide bonds. The first-order valence-corrected chi connectivity index (χ1v) is 5.78. The van der Waals surface area contributed by atoms with E-state index in [1.54, 1.807) is 0 Å². The second-order valence-corrected chi connectivity index (χ2v) is 4.40. The zero-order valence-electron chi connectivity index (χ0n) is 10.3. The van der Waals surface area contributed by atoms with Crippen LogP contribution in [0.5, 0.6) is 0 Å². The van der Waals surface area contributed by atoms with Crippen LogP contribution in [0, 0.1) is 0 Å². The third-order valence-electron chi connectivity index (χ3n) is 2.64. The van der Waals surface area contributed by atoms with Gasteiger partial charge < -0.3 is 10.2 Å². The fourth-order valence-corrected chi connectivity index (χ4v) is 1.76. The zero-order valence-corrected chi connectivity index (χ0v) is 10.3. The molecular formula is C11H21N3O2. The van der Waals surface area contributed by atoms with Gasteiger partial charge in [-0.2, -0.15) is 0 Å². The highest BCUT2D eigenvalue weighted by atomic mass is 16.2. The molecule has 1 unspecified atom stereocenters. The van der Waals surface area contributed by atoms with Gasteiger partial charge in [0.15, 0.2) is 0 Å². The van der Waals surface area contributed by atoms with Crippen LogP contribution in [0.1, 0.15) is 19.8 Å². The fraction of sp³-hybridized carbons (Fsp3) is 0.818. The molecule has 0 saturated carbocycles. The number of carbonyl (C=O) groups excluding carboxylic acids is 2. The van der Waals surface area contributed by atoms with Crippen molar-refractivity contribution < 1.29 is 9.59 Å². The van der Waals surface area contributed by atoms with Crippen molar-refractivity contribution >= 4 is 11.8 Å². The number of likely N-dealkylation sites (tertiary alicyclic amines) is 1. The summed E-state index contributed by atoms with van der Waals surface area (Å²) in [5.41, 5.74) is 0. The van der Waals surface area contributed by atoms with Crippen molar-refractivity contribution in [3.05, 3.63) is 0 Å². The Morgan fingerprint density at radius 1 is 1.44 bits per heavy atom. The van der Waals surface area contributed by atoms with E-state index in [1.807, 2.05) is 25.9 Å². The van der Waals surface area contributed by atoms with Crippen molar-refractivity contribution in [3.8, 4) is 0 Å². The van der Waals surface area contributed by atoms with Crippen molar-refractivity contribution in [2.45, 2.75) is 25.8 Å². The van der Waals surface area contributed by atoms with Gasteiger partial charge in [0.1, 0.15) is 0 Å². The van der Waals surface area contributed by atoms with Gasteiger partial charge in [0.25, 0.3) is 0 Å². The molecule has 92 valence electrons. The molecule has 0 aliphatic carbocycles. The van der Waals surface area contributed by atoms with Gasteiger partial charge in [-0.25, -0.2) is 0 Å². The molecule has 1 rings (SSSR count). The Labute approximate surface area is 96.8 Å². The molecule has 0 radical (unpaired) electrons. The monoisotopic (exact) mass is 227 g/mol. The molecule has 0 spiro atoms. The van der Waals surface area contributed by atoms with Gasteiger partial charge in [0.2, 0.25) is 11.8 Å². The van der Waals surface area contributed by atoms with Crippen LogP contribution in [0.4, 0.5) is 0 Å². The first-order chi connectivity index (χ1) is 7.56. The van der Waals surface area contributed by atoms with Crippen molar-refractivity contribution in [3.63, 3.8) is 0 Å². The summed E-state index contributed by atoms with van der Waals surface area (Å²) in [5.74, 6) is -0.111. The summed E-state index contributed by atoms with van der Waals surface area (Å²) in [7, 11) is 3.96. The zero-order chi connectivity index (χ0) is 12.1. The predicted octanol–water partition coefficient (Wildman–Crippen LogP) is -0.325. The maximum Gasteiger partial charge on any atom is 0.246 e. The van der Waals surface area contributed by atoms with E-state index in [0.29, 0.717) is 13.0 Å². The minimum absolute atomic E-state index is 0.0470. The molecule has 1 N–H and O–H groups in total. The summed E-state index contributed by atoms with van der Waals surface area (Å²) in [5, 5.41) is 3.13. The van der Waals surface area contributed by atoms with Gasteiger partial charge in [-0.05, 0) is 20.5 Å². The van der Waals surface area contributed by atoms with Gasteiger partial charge >= 0.3 is 0 Å². The molecule has 0 bridgehead atoms. The Kier molecular flexibility index (Phi) is 4.89. The Bertz CT molecular complexity index is 266. The lowest BCUT2D eigenvalue weighted by molar-refractivity contribution is -0.138. The summed E-state index contributed by atoms with van der Waals surface area (Å²) in [6, 6.07) is -0.306. The van der Waals surface area contributed by atoms with Crippen LogP contribution < -0.4 is 5.32 Å². The van der Waals surface area contributed by atoms with E-state index in [1.165, 1.54) is 4.90 Å². The van der Waals surface area contributed by atoms with E-state index < -0.39 is 0 Å². The number of likely N-dealkylation sites (N-methyl/N-ethyl adjacent to an activating group) is 1. The Balaban J connectivity index is 2.40. The van der Waals surface area contributed by atoms with Crippen LogP contribution in [-0.2, 0) is 9.59 Å². The Hall–Kier alpha value is -0.940. The average molecular weight is 227 g/mol. The topological polar surface area (TPSA) is 52.7 Å². The molecule has 1 heterocycles. The third kappa shape index (κ3) is 3.28. The van der Waals surface area contributed by atoms with Crippen LogP contribution in [0.15, 0.2) is 0 Å². The van der Waals surface area contributed by atoms with Gasteiger partial charge in [0, 0.05) is 19.6 Å². The predicted molar refractivity (Wildman–Crippen MR) is 62.0 cm³/mol.